The van der Waals surface area contributed by atoms with Gasteiger partial charge in [0.2, 0.25) is 11.8 Å². The molecular weight excluding hydrogens is 541 g/mol. The van der Waals surface area contributed by atoms with E-state index in [1.807, 2.05) is 30.3 Å². The average molecular weight is 584 g/mol. The number of aliphatic carboxylic acids is 1. The maximum atomic E-state index is 13.9. The van der Waals surface area contributed by atoms with Crippen LogP contribution in [0.15, 0.2) is 42.7 Å². The third-order valence-electron chi connectivity index (χ3n) is 8.38. The number of alkyl halides is 1. The summed E-state index contributed by atoms with van der Waals surface area (Å²) in [4.78, 5) is 58.6. The molecule has 0 bridgehead atoms. The Morgan fingerprint density at radius 1 is 1.07 bits per heavy atom. The minimum Gasteiger partial charge on any atom is -0.480 e. The fraction of sp³-hybridized carbons (Fsp3) is 0.581. The van der Waals surface area contributed by atoms with E-state index in [4.69, 9.17) is 0 Å². The van der Waals surface area contributed by atoms with Gasteiger partial charge in [0, 0.05) is 31.4 Å². The molecule has 2 fully saturated rings. The van der Waals surface area contributed by atoms with Gasteiger partial charge >= 0.3 is 5.97 Å². The second kappa shape index (κ2) is 13.5. The van der Waals surface area contributed by atoms with Gasteiger partial charge in [0.25, 0.3) is 5.91 Å². The first-order chi connectivity index (χ1) is 20.0. The van der Waals surface area contributed by atoms with Crippen LogP contribution in [0, 0.1) is 17.3 Å². The monoisotopic (exact) mass is 583 g/mol. The quantitative estimate of drug-likeness (QED) is 0.393. The number of halogens is 1. The van der Waals surface area contributed by atoms with Crippen molar-refractivity contribution < 1.29 is 28.7 Å². The summed E-state index contributed by atoms with van der Waals surface area (Å²) in [7, 11) is 0. The lowest BCUT2D eigenvalue weighted by Gasteiger charge is -2.37. The van der Waals surface area contributed by atoms with Crippen molar-refractivity contribution in [2.24, 2.45) is 17.3 Å². The molecule has 2 aromatic rings. The lowest BCUT2D eigenvalue weighted by molar-refractivity contribution is -0.151. The number of nitrogens with one attached hydrogen (secondary N) is 2. The Morgan fingerprint density at radius 3 is 2.38 bits per heavy atom. The van der Waals surface area contributed by atoms with E-state index in [1.165, 1.54) is 4.90 Å². The molecule has 3 amide bonds. The average Bonchev–Trinajstić information content (AvgIpc) is 3.62. The van der Waals surface area contributed by atoms with Crippen LogP contribution in [0.25, 0.3) is 0 Å². The Hall–Kier alpha value is -3.76. The van der Waals surface area contributed by atoms with Gasteiger partial charge in [0.15, 0.2) is 5.82 Å². The number of likely N-dealkylation sites (tertiary alicyclic amines) is 1. The van der Waals surface area contributed by atoms with E-state index in [0.29, 0.717) is 6.54 Å². The molecule has 2 heterocycles. The van der Waals surface area contributed by atoms with Gasteiger partial charge in [0.05, 0.1) is 6.67 Å². The molecule has 0 radical (unpaired) electrons. The Morgan fingerprint density at radius 2 is 1.76 bits per heavy atom. The van der Waals surface area contributed by atoms with Crippen LogP contribution in [0.4, 0.5) is 4.39 Å². The summed E-state index contributed by atoms with van der Waals surface area (Å²) in [5.41, 5.74) is 0.214. The first-order valence-electron chi connectivity index (χ1n) is 14.7. The molecule has 4 atom stereocenters. The topological polar surface area (TPSA) is 134 Å². The third kappa shape index (κ3) is 7.35. The second-order valence-corrected chi connectivity index (χ2v) is 12.6. The van der Waals surface area contributed by atoms with E-state index in [2.05, 4.69) is 15.6 Å². The van der Waals surface area contributed by atoms with Crippen molar-refractivity contribution in [2.45, 2.75) is 84.0 Å². The molecule has 4 rings (SSSR count). The maximum absolute atomic E-state index is 13.9. The number of aromatic nitrogens is 2. The fourth-order valence-corrected chi connectivity index (χ4v) is 6.06. The van der Waals surface area contributed by atoms with Crippen molar-refractivity contribution >= 4 is 23.7 Å². The predicted molar refractivity (Wildman–Crippen MR) is 154 cm³/mol. The van der Waals surface area contributed by atoms with E-state index in [0.717, 1.165) is 37.7 Å². The lowest BCUT2D eigenvalue weighted by atomic mass is 9.82. The van der Waals surface area contributed by atoms with Gasteiger partial charge < -0.3 is 25.2 Å². The number of hydrogen-bond acceptors (Lipinski definition) is 5. The van der Waals surface area contributed by atoms with Crippen molar-refractivity contribution in [2.75, 3.05) is 13.2 Å². The standard InChI is InChI=1S/C31H42FN5O5/c1-31(2,3)25(29(40)37-19-21(17-32)16-23(37)30(41)42)35-27(38)24(22-12-8-5-9-13-22)34-28(39)26-33-14-15-36(26)18-20-10-6-4-7-11-20/h4,6-7,10-11,14-15,21-25H,5,8-9,12-13,16-19H2,1-3H3,(H,34,39)(H,35,38)(H,41,42)/t21-,23-,24-,25+/m0/s1. The molecule has 1 aliphatic heterocycles. The summed E-state index contributed by atoms with van der Waals surface area (Å²) in [5.74, 6) is -3.28. The number of carbonyl (C=O) groups excluding carboxylic acids is 3. The van der Waals surface area contributed by atoms with Gasteiger partial charge in [-0.15, -0.1) is 0 Å². The molecular formula is C31H42FN5O5. The van der Waals surface area contributed by atoms with Crippen LogP contribution in [-0.4, -0.2) is 74.6 Å². The fourth-order valence-electron chi connectivity index (χ4n) is 6.06. The van der Waals surface area contributed by atoms with Gasteiger partial charge in [-0.1, -0.05) is 70.4 Å². The van der Waals surface area contributed by atoms with Crippen LogP contribution in [0.1, 0.15) is 75.5 Å². The van der Waals surface area contributed by atoms with Crippen molar-refractivity contribution in [1.82, 2.24) is 25.1 Å². The number of imidazole rings is 1. The van der Waals surface area contributed by atoms with E-state index in [9.17, 15) is 28.7 Å². The van der Waals surface area contributed by atoms with Gasteiger partial charge in [0.1, 0.15) is 18.1 Å². The van der Waals surface area contributed by atoms with E-state index >= 15 is 0 Å². The summed E-state index contributed by atoms with van der Waals surface area (Å²) in [6, 6.07) is 6.51. The van der Waals surface area contributed by atoms with Gasteiger partial charge in [-0.05, 0) is 36.2 Å². The van der Waals surface area contributed by atoms with E-state index < -0.39 is 59.8 Å². The van der Waals surface area contributed by atoms with Crippen LogP contribution < -0.4 is 10.6 Å². The van der Waals surface area contributed by atoms with Gasteiger partial charge in [-0.25, -0.2) is 9.78 Å². The van der Waals surface area contributed by atoms with Crippen molar-refractivity contribution in [3.05, 3.63) is 54.1 Å². The Kier molecular flexibility index (Phi) is 10.0. The van der Waals surface area contributed by atoms with Crippen LogP contribution in [0.3, 0.4) is 0 Å². The molecule has 11 heteroatoms. The predicted octanol–water partition coefficient (Wildman–Crippen LogP) is 3.41. The van der Waals surface area contributed by atoms with Crippen molar-refractivity contribution in [3.8, 4) is 0 Å². The second-order valence-electron chi connectivity index (χ2n) is 12.6. The highest BCUT2D eigenvalue weighted by Gasteiger charge is 2.46. The molecule has 0 spiro atoms. The number of carbonyl (C=O) groups is 4. The van der Waals surface area contributed by atoms with Crippen molar-refractivity contribution in [1.29, 1.82) is 0 Å². The molecule has 228 valence electrons. The molecule has 10 nitrogen and oxygen atoms in total. The molecule has 2 aliphatic rings. The molecule has 1 aromatic carbocycles. The summed E-state index contributed by atoms with van der Waals surface area (Å²) >= 11 is 0. The number of hydrogen-bond donors (Lipinski definition) is 3. The minimum atomic E-state index is -1.20. The zero-order valence-corrected chi connectivity index (χ0v) is 24.6. The van der Waals surface area contributed by atoms with Gasteiger partial charge in [-0.2, -0.15) is 0 Å². The molecule has 0 unspecified atom stereocenters. The molecule has 1 aromatic heterocycles. The third-order valence-corrected chi connectivity index (χ3v) is 8.38. The first kappa shape index (κ1) is 31.2. The molecule has 1 saturated carbocycles. The highest BCUT2D eigenvalue weighted by molar-refractivity contribution is 5.97. The number of amides is 3. The van der Waals surface area contributed by atoms with Crippen LogP contribution >= 0.6 is 0 Å². The number of carboxylic acid groups (broad SMARTS) is 1. The maximum Gasteiger partial charge on any atom is 0.326 e. The molecule has 1 saturated heterocycles. The highest BCUT2D eigenvalue weighted by Crippen LogP contribution is 2.30. The minimum absolute atomic E-state index is 0.0262. The Labute approximate surface area is 246 Å². The van der Waals surface area contributed by atoms with Crippen molar-refractivity contribution in [3.63, 3.8) is 0 Å². The van der Waals surface area contributed by atoms with Gasteiger partial charge in [-0.3, -0.25) is 18.8 Å². The summed E-state index contributed by atoms with van der Waals surface area (Å²) < 4.78 is 15.2. The first-order valence-corrected chi connectivity index (χ1v) is 14.7. The summed E-state index contributed by atoms with van der Waals surface area (Å²) in [5, 5.41) is 15.5. The molecule has 42 heavy (non-hydrogen) atoms. The smallest absolute Gasteiger partial charge is 0.326 e. The van der Waals surface area contributed by atoms with Crippen LogP contribution in [0.5, 0.6) is 0 Å². The number of nitrogens with zero attached hydrogens (tertiary/aromatic N) is 3. The summed E-state index contributed by atoms with van der Waals surface area (Å²) in [6.07, 6.45) is 7.67. The largest absolute Gasteiger partial charge is 0.480 e. The zero-order chi connectivity index (χ0) is 30.4. The SMILES string of the molecule is CC(C)(C)[C@H](NC(=O)[C@@H](NC(=O)c1nccn1Cc1ccccc1)C1CCCCC1)C(=O)N1C[C@H](CF)C[C@H]1C(=O)O. The normalized spacial score (nSPS) is 21.0. The Balaban J connectivity index is 1.56. The molecule has 3 N–H and O–H groups in total. The Bertz CT molecular complexity index is 1250. The molecule has 1 aliphatic carbocycles. The highest BCUT2D eigenvalue weighted by atomic mass is 19.1. The van der Waals surface area contributed by atoms with E-state index in [-0.39, 0.29) is 24.7 Å². The summed E-state index contributed by atoms with van der Waals surface area (Å²) in [6.45, 7) is 5.03. The number of rotatable bonds is 10. The van der Waals surface area contributed by atoms with Crippen LogP contribution in [0.2, 0.25) is 0 Å². The van der Waals surface area contributed by atoms with Crippen LogP contribution in [-0.2, 0) is 20.9 Å². The van der Waals surface area contributed by atoms with E-state index in [1.54, 1.807) is 37.7 Å². The number of carboxylic acids is 1. The zero-order valence-electron chi connectivity index (χ0n) is 24.6. The number of benzene rings is 1. The lowest BCUT2D eigenvalue weighted by Crippen LogP contribution is -2.61.